The summed E-state index contributed by atoms with van der Waals surface area (Å²) in [6.07, 6.45) is 1.26. The fourth-order valence-electron chi connectivity index (χ4n) is 2.81. The molecule has 0 radical (unpaired) electrons. The van der Waals surface area contributed by atoms with E-state index in [9.17, 15) is 23.3 Å². The average molecular weight is 391 g/mol. The highest BCUT2D eigenvalue weighted by atomic mass is 32.2. The summed E-state index contributed by atoms with van der Waals surface area (Å²) in [6, 6.07) is 11.7. The minimum atomic E-state index is -3.73. The molecule has 0 unspecified atom stereocenters. The lowest BCUT2D eigenvalue weighted by Crippen LogP contribution is -2.47. The van der Waals surface area contributed by atoms with Crippen molar-refractivity contribution in [1.82, 2.24) is 0 Å². The van der Waals surface area contributed by atoms with Crippen LogP contribution in [0.25, 0.3) is 0 Å². The monoisotopic (exact) mass is 391 g/mol. The van der Waals surface area contributed by atoms with Gasteiger partial charge in [0.25, 0.3) is 5.69 Å². The fourth-order valence-corrected chi connectivity index (χ4v) is 4.02. The highest BCUT2D eigenvalue weighted by Gasteiger charge is 2.32. The van der Waals surface area contributed by atoms with Crippen LogP contribution in [0.1, 0.15) is 18.9 Å². The fraction of sp³-hybridized carbons (Fsp3) is 0.278. The van der Waals surface area contributed by atoms with Crippen LogP contribution < -0.4 is 9.62 Å². The summed E-state index contributed by atoms with van der Waals surface area (Å²) < 4.78 is 25.8. The third-order valence-corrected chi connectivity index (χ3v) is 5.28. The second-order valence-corrected chi connectivity index (χ2v) is 7.87. The maximum absolute atomic E-state index is 12.9. The number of para-hydroxylation sites is 1. The van der Waals surface area contributed by atoms with Gasteiger partial charge in [0.15, 0.2) is 0 Å². The SMILES string of the molecule is CC[C@@H](C(=O)Nc1cccc([N+](=O)[O-])c1C)N(c1ccccc1)S(C)(=O)=O. The van der Waals surface area contributed by atoms with Crippen LogP contribution in [0.2, 0.25) is 0 Å². The number of benzene rings is 2. The molecule has 2 aromatic carbocycles. The summed E-state index contributed by atoms with van der Waals surface area (Å²) >= 11 is 0. The Kier molecular flexibility index (Phi) is 6.17. The summed E-state index contributed by atoms with van der Waals surface area (Å²) in [7, 11) is -3.73. The van der Waals surface area contributed by atoms with Crippen molar-refractivity contribution >= 4 is 33.0 Å². The van der Waals surface area contributed by atoms with E-state index in [-0.39, 0.29) is 17.8 Å². The van der Waals surface area contributed by atoms with Gasteiger partial charge in [0, 0.05) is 6.07 Å². The third kappa shape index (κ3) is 4.62. The second kappa shape index (κ2) is 8.17. The van der Waals surface area contributed by atoms with Crippen molar-refractivity contribution < 1.29 is 18.1 Å². The molecule has 0 bridgehead atoms. The smallest absolute Gasteiger partial charge is 0.274 e. The highest BCUT2D eigenvalue weighted by molar-refractivity contribution is 7.92. The van der Waals surface area contributed by atoms with Crippen molar-refractivity contribution in [2.24, 2.45) is 0 Å². The van der Waals surface area contributed by atoms with E-state index in [0.717, 1.165) is 10.6 Å². The first-order valence-corrected chi connectivity index (χ1v) is 10.1. The topological polar surface area (TPSA) is 110 Å². The minimum absolute atomic E-state index is 0.121. The highest BCUT2D eigenvalue weighted by Crippen LogP contribution is 2.27. The minimum Gasteiger partial charge on any atom is -0.324 e. The molecule has 0 heterocycles. The van der Waals surface area contributed by atoms with Gasteiger partial charge in [-0.2, -0.15) is 0 Å². The largest absolute Gasteiger partial charge is 0.324 e. The molecule has 1 atom stereocenters. The predicted octanol–water partition coefficient (Wildman–Crippen LogP) is 3.09. The first-order chi connectivity index (χ1) is 12.7. The lowest BCUT2D eigenvalue weighted by Gasteiger charge is -2.30. The number of carbonyl (C=O) groups is 1. The maximum Gasteiger partial charge on any atom is 0.274 e. The van der Waals surface area contributed by atoms with Crippen LogP contribution in [0.5, 0.6) is 0 Å². The Hall–Kier alpha value is -2.94. The zero-order valence-corrected chi connectivity index (χ0v) is 16.1. The molecule has 0 aliphatic heterocycles. The Labute approximate surface area is 158 Å². The van der Waals surface area contributed by atoms with Crippen LogP contribution in [0.15, 0.2) is 48.5 Å². The summed E-state index contributed by atoms with van der Waals surface area (Å²) in [5, 5.41) is 13.7. The van der Waals surface area contributed by atoms with Gasteiger partial charge in [-0.3, -0.25) is 19.2 Å². The number of hydrogen-bond acceptors (Lipinski definition) is 5. The number of nitro benzene ring substituents is 1. The third-order valence-electron chi connectivity index (χ3n) is 4.10. The molecular weight excluding hydrogens is 370 g/mol. The number of rotatable bonds is 7. The summed E-state index contributed by atoms with van der Waals surface area (Å²) in [5.74, 6) is -0.560. The van der Waals surface area contributed by atoms with Crippen molar-refractivity contribution in [1.29, 1.82) is 0 Å². The van der Waals surface area contributed by atoms with E-state index in [1.165, 1.54) is 19.1 Å². The quantitative estimate of drug-likeness (QED) is 0.576. The molecule has 0 spiro atoms. The van der Waals surface area contributed by atoms with E-state index >= 15 is 0 Å². The van der Waals surface area contributed by atoms with E-state index in [1.54, 1.807) is 43.3 Å². The molecule has 2 aromatic rings. The molecule has 1 N–H and O–H groups in total. The van der Waals surface area contributed by atoms with Crippen molar-refractivity contribution in [2.45, 2.75) is 26.3 Å². The molecular formula is C18H21N3O5S. The molecule has 0 aliphatic rings. The molecule has 27 heavy (non-hydrogen) atoms. The van der Waals surface area contributed by atoms with Crippen LogP contribution >= 0.6 is 0 Å². The normalized spacial score (nSPS) is 12.3. The molecule has 0 aliphatic carbocycles. The Bertz CT molecular complexity index is 945. The van der Waals surface area contributed by atoms with Gasteiger partial charge in [-0.15, -0.1) is 0 Å². The van der Waals surface area contributed by atoms with Crippen molar-refractivity contribution in [3.63, 3.8) is 0 Å². The van der Waals surface area contributed by atoms with Gasteiger partial charge in [-0.25, -0.2) is 8.42 Å². The van der Waals surface area contributed by atoms with Gasteiger partial charge in [-0.05, 0) is 31.5 Å². The molecule has 0 aromatic heterocycles. The summed E-state index contributed by atoms with van der Waals surface area (Å²) in [6.45, 7) is 3.23. The summed E-state index contributed by atoms with van der Waals surface area (Å²) in [5.41, 5.74) is 0.826. The Balaban J connectivity index is 2.40. The van der Waals surface area contributed by atoms with Crippen LogP contribution in [0.3, 0.4) is 0 Å². The first-order valence-electron chi connectivity index (χ1n) is 8.26. The van der Waals surface area contributed by atoms with Crippen molar-refractivity contribution in [2.75, 3.05) is 15.9 Å². The lowest BCUT2D eigenvalue weighted by atomic mass is 10.1. The Morgan fingerprint density at radius 2 is 1.81 bits per heavy atom. The first kappa shape index (κ1) is 20.4. The number of sulfonamides is 1. The molecule has 9 heteroatoms. The molecule has 144 valence electrons. The number of hydrogen-bond donors (Lipinski definition) is 1. The number of nitrogens with zero attached hydrogens (tertiary/aromatic N) is 2. The summed E-state index contributed by atoms with van der Waals surface area (Å²) in [4.78, 5) is 23.4. The number of anilines is 2. The van der Waals surface area contributed by atoms with Gasteiger partial charge in [0.2, 0.25) is 15.9 Å². The van der Waals surface area contributed by atoms with Gasteiger partial charge >= 0.3 is 0 Å². The average Bonchev–Trinajstić information content (AvgIpc) is 2.60. The Morgan fingerprint density at radius 1 is 1.19 bits per heavy atom. The van der Waals surface area contributed by atoms with Crippen LogP contribution in [-0.4, -0.2) is 31.5 Å². The van der Waals surface area contributed by atoms with Crippen molar-refractivity contribution in [3.8, 4) is 0 Å². The Morgan fingerprint density at radius 3 is 2.33 bits per heavy atom. The van der Waals surface area contributed by atoms with Gasteiger partial charge < -0.3 is 5.32 Å². The molecule has 0 saturated carbocycles. The molecule has 1 amide bonds. The van der Waals surface area contributed by atoms with Crippen LogP contribution in [0, 0.1) is 17.0 Å². The van der Waals surface area contributed by atoms with Gasteiger partial charge in [-0.1, -0.05) is 31.2 Å². The van der Waals surface area contributed by atoms with E-state index in [0.29, 0.717) is 11.3 Å². The lowest BCUT2D eigenvalue weighted by molar-refractivity contribution is -0.385. The molecule has 0 saturated heterocycles. The standard InChI is InChI=1S/C18H21N3O5S/c1-4-16(20(27(3,25)26)14-9-6-5-7-10-14)18(22)19-15-11-8-12-17(13(15)2)21(23)24/h5-12,16H,4H2,1-3H3,(H,19,22)/t16-/m0/s1. The van der Waals surface area contributed by atoms with Gasteiger partial charge in [0.1, 0.15) is 6.04 Å². The van der Waals surface area contributed by atoms with Gasteiger partial charge in [0.05, 0.1) is 28.1 Å². The molecule has 2 rings (SSSR count). The number of carbonyl (C=O) groups excluding carboxylic acids is 1. The van der Waals surface area contributed by atoms with E-state index in [4.69, 9.17) is 0 Å². The predicted molar refractivity (Wildman–Crippen MR) is 104 cm³/mol. The van der Waals surface area contributed by atoms with E-state index < -0.39 is 26.9 Å². The number of amides is 1. The van der Waals surface area contributed by atoms with E-state index in [2.05, 4.69) is 5.32 Å². The molecule has 8 nitrogen and oxygen atoms in total. The van der Waals surface area contributed by atoms with Crippen LogP contribution in [0.4, 0.5) is 17.1 Å². The maximum atomic E-state index is 12.9. The second-order valence-electron chi connectivity index (χ2n) is 6.01. The van der Waals surface area contributed by atoms with Crippen molar-refractivity contribution in [3.05, 3.63) is 64.2 Å². The number of nitro groups is 1. The molecule has 0 fully saturated rings. The zero-order chi connectivity index (χ0) is 20.2. The van der Waals surface area contributed by atoms with E-state index in [1.807, 2.05) is 0 Å². The zero-order valence-electron chi connectivity index (χ0n) is 15.2. The number of nitrogens with one attached hydrogen (secondary N) is 1. The van der Waals surface area contributed by atoms with Crippen LogP contribution in [-0.2, 0) is 14.8 Å².